The highest BCUT2D eigenvalue weighted by atomic mass is 16.5. The number of allylic oxidation sites excluding steroid dienone is 1. The van der Waals surface area contributed by atoms with Gasteiger partial charge in [0.2, 0.25) is 0 Å². The lowest BCUT2D eigenvalue weighted by Crippen LogP contribution is -2.34. The van der Waals surface area contributed by atoms with E-state index < -0.39 is 0 Å². The second-order valence-electron chi connectivity index (χ2n) is 5.86. The molecule has 2 heterocycles. The zero-order chi connectivity index (χ0) is 18.5. The second kappa shape index (κ2) is 5.73. The van der Waals surface area contributed by atoms with Gasteiger partial charge in [-0.15, -0.1) is 0 Å². The van der Waals surface area contributed by atoms with E-state index in [0.717, 1.165) is 0 Å². The van der Waals surface area contributed by atoms with Gasteiger partial charge in [-0.25, -0.2) is 0 Å². The van der Waals surface area contributed by atoms with E-state index in [2.05, 4.69) is 0 Å². The van der Waals surface area contributed by atoms with Gasteiger partial charge < -0.3 is 19.9 Å². The molecule has 2 aromatic heterocycles. The van der Waals surface area contributed by atoms with Crippen LogP contribution in [0.5, 0.6) is 0 Å². The molecule has 3 aromatic rings. The van der Waals surface area contributed by atoms with Crippen molar-refractivity contribution in [3.05, 3.63) is 61.2 Å². The third-order valence-corrected chi connectivity index (χ3v) is 4.50. The van der Waals surface area contributed by atoms with E-state index in [1.807, 2.05) is 0 Å². The van der Waals surface area contributed by atoms with E-state index in [-0.39, 0.29) is 39.1 Å². The average Bonchev–Trinajstić information content (AvgIpc) is 2.61. The van der Waals surface area contributed by atoms with Gasteiger partial charge >= 0.3 is 22.4 Å². The van der Waals surface area contributed by atoms with Crippen LogP contribution < -0.4 is 8.85 Å². The van der Waals surface area contributed by atoms with Crippen LogP contribution in [-0.4, -0.2) is 9.46 Å². The molecule has 0 amide bonds. The predicted octanol–water partition coefficient (Wildman–Crippen LogP) is 2.33. The van der Waals surface area contributed by atoms with Gasteiger partial charge in [-0.2, -0.15) is 0 Å². The number of aromatic nitrogens is 4. The second-order valence-corrected chi connectivity index (χ2v) is 5.86. The van der Waals surface area contributed by atoms with Crippen LogP contribution >= 0.6 is 0 Å². The van der Waals surface area contributed by atoms with Gasteiger partial charge in [-0.1, -0.05) is 13.0 Å². The van der Waals surface area contributed by atoms with E-state index in [0.29, 0.717) is 30.4 Å². The molecule has 25 heavy (non-hydrogen) atoms. The number of rotatable bonds is 2. The van der Waals surface area contributed by atoms with Crippen molar-refractivity contribution in [2.24, 2.45) is 0 Å². The van der Waals surface area contributed by atoms with Crippen LogP contribution in [0.1, 0.15) is 36.6 Å². The SMILES string of the molecule is C/C=C/c1c(CC)[n+](=O)c2cc3c(cc2[n+]1=O)n([O-])c(C)c(C)n3[O-]. The summed E-state index contributed by atoms with van der Waals surface area (Å²) in [6.45, 7) is 6.59. The highest BCUT2D eigenvalue weighted by Gasteiger charge is 2.31. The quantitative estimate of drug-likeness (QED) is 0.527. The van der Waals surface area contributed by atoms with Gasteiger partial charge in [-0.3, -0.25) is 0 Å². The predicted molar refractivity (Wildman–Crippen MR) is 95.3 cm³/mol. The Bertz CT molecular complexity index is 1170. The zero-order valence-corrected chi connectivity index (χ0v) is 14.4. The van der Waals surface area contributed by atoms with E-state index in [1.54, 1.807) is 26.0 Å². The summed E-state index contributed by atoms with van der Waals surface area (Å²) < 4.78 is 2.50. The van der Waals surface area contributed by atoms with E-state index >= 15 is 0 Å². The van der Waals surface area contributed by atoms with Crippen LogP contribution in [0, 0.1) is 34.1 Å². The van der Waals surface area contributed by atoms with Gasteiger partial charge in [0.1, 0.15) is 0 Å². The molecule has 0 fully saturated rings. The average molecular weight is 342 g/mol. The summed E-state index contributed by atoms with van der Waals surface area (Å²) in [5.41, 5.74) is 1.21. The van der Waals surface area contributed by atoms with E-state index in [4.69, 9.17) is 0 Å². The van der Waals surface area contributed by atoms with Crippen LogP contribution in [-0.2, 0) is 6.42 Å². The Morgan fingerprint density at radius 3 is 1.92 bits per heavy atom. The summed E-state index contributed by atoms with van der Waals surface area (Å²) in [6, 6.07) is 2.60. The molecule has 0 aliphatic rings. The minimum absolute atomic E-state index is 0.0423. The number of nitrogens with zero attached hydrogens (tertiary/aromatic N) is 4. The van der Waals surface area contributed by atoms with Crippen LogP contribution in [0.15, 0.2) is 18.2 Å². The molecule has 0 N–H and O–H groups in total. The Kier molecular flexibility index (Phi) is 3.82. The molecule has 0 radical (unpaired) electrons. The van der Waals surface area contributed by atoms with Gasteiger partial charge in [0.25, 0.3) is 0 Å². The Hall–Kier alpha value is -3.16. The summed E-state index contributed by atoms with van der Waals surface area (Å²) in [4.78, 5) is 25.5. The fourth-order valence-electron chi connectivity index (χ4n) is 3.00. The molecule has 0 spiro atoms. The lowest BCUT2D eigenvalue weighted by molar-refractivity contribution is -0.528. The Labute approximate surface area is 142 Å². The molecule has 8 heteroatoms. The van der Waals surface area contributed by atoms with Gasteiger partial charge in [0.05, 0.1) is 19.9 Å². The third-order valence-electron chi connectivity index (χ3n) is 4.50. The lowest BCUT2D eigenvalue weighted by atomic mass is 10.1. The molecule has 0 aliphatic carbocycles. The topological polar surface area (TPSA) is 102 Å². The minimum atomic E-state index is 0.0423. The van der Waals surface area contributed by atoms with Crippen molar-refractivity contribution in [2.75, 3.05) is 0 Å². The normalized spacial score (nSPS) is 11.8. The first-order chi connectivity index (χ1) is 11.8. The van der Waals surface area contributed by atoms with Crippen molar-refractivity contribution in [3.63, 3.8) is 0 Å². The largest absolute Gasteiger partial charge is 0.805 e. The van der Waals surface area contributed by atoms with Crippen LogP contribution in [0.3, 0.4) is 0 Å². The molecule has 0 saturated heterocycles. The molecule has 130 valence electrons. The molecular formula is C17H18N4O4. The first kappa shape index (κ1) is 16.7. The van der Waals surface area contributed by atoms with Crippen molar-refractivity contribution in [2.45, 2.75) is 34.1 Å². The highest BCUT2D eigenvalue weighted by Crippen LogP contribution is 2.22. The fourth-order valence-corrected chi connectivity index (χ4v) is 3.00. The standard InChI is InChI=1S/C17H18N4O4/c1-5-7-13-12(6-2)20(24)16-8-14-15(9-17(16)21(13)25)19(23)11(4)10(3)18(14)22/h5,7-9H,6H2,1-4H3/b7-5+. The minimum Gasteiger partial charge on any atom is -0.805 e. The van der Waals surface area contributed by atoms with Crippen molar-refractivity contribution >= 4 is 28.1 Å². The number of fused-ring (bicyclic) bond motifs is 2. The molecule has 0 aliphatic heterocycles. The summed E-state index contributed by atoms with van der Waals surface area (Å²) in [5.74, 6) is 0. The number of hydrogen-bond acceptors (Lipinski definition) is 4. The highest BCUT2D eigenvalue weighted by molar-refractivity contribution is 5.89. The Morgan fingerprint density at radius 2 is 1.48 bits per heavy atom. The molecule has 8 nitrogen and oxygen atoms in total. The van der Waals surface area contributed by atoms with Crippen LogP contribution in [0.2, 0.25) is 0 Å². The molecule has 0 atom stereocenters. The van der Waals surface area contributed by atoms with Gasteiger partial charge in [0.15, 0.2) is 0 Å². The first-order valence-electron chi connectivity index (χ1n) is 7.93. The fraction of sp³-hybridized carbons (Fsp3) is 0.294. The maximum Gasteiger partial charge on any atom is 0.341 e. The van der Waals surface area contributed by atoms with Crippen LogP contribution in [0.4, 0.5) is 0 Å². The van der Waals surface area contributed by atoms with Gasteiger partial charge in [0, 0.05) is 45.8 Å². The van der Waals surface area contributed by atoms with Crippen molar-refractivity contribution in [3.8, 4) is 0 Å². The Morgan fingerprint density at radius 1 is 1.00 bits per heavy atom. The van der Waals surface area contributed by atoms with E-state index in [9.17, 15) is 20.2 Å². The molecule has 3 rings (SSSR count). The Balaban J connectivity index is 2.65. The number of benzene rings is 1. The van der Waals surface area contributed by atoms with Gasteiger partial charge in [-0.05, 0) is 20.8 Å². The summed E-state index contributed by atoms with van der Waals surface area (Å²) in [6.07, 6.45) is 3.58. The molecule has 0 saturated carbocycles. The maximum atomic E-state index is 12.8. The van der Waals surface area contributed by atoms with Crippen molar-refractivity contribution in [1.82, 2.24) is 9.46 Å². The molecule has 1 aromatic carbocycles. The zero-order valence-electron chi connectivity index (χ0n) is 14.4. The summed E-state index contributed by atoms with van der Waals surface area (Å²) >= 11 is 0. The molecule has 0 unspecified atom stereocenters. The smallest absolute Gasteiger partial charge is 0.341 e. The summed E-state index contributed by atoms with van der Waals surface area (Å²) in [5, 5.41) is 24.9. The van der Waals surface area contributed by atoms with Crippen molar-refractivity contribution < 1.29 is 8.85 Å². The third kappa shape index (κ3) is 2.21. The first-order valence-corrected chi connectivity index (χ1v) is 7.93. The molecule has 0 bridgehead atoms. The summed E-state index contributed by atoms with van der Waals surface area (Å²) in [7, 11) is 0. The lowest BCUT2D eigenvalue weighted by Gasteiger charge is -2.27. The van der Waals surface area contributed by atoms with Crippen molar-refractivity contribution in [1.29, 1.82) is 0 Å². The number of hydrogen-bond donors (Lipinski definition) is 0. The van der Waals surface area contributed by atoms with Crippen LogP contribution in [0.25, 0.3) is 28.1 Å². The monoisotopic (exact) mass is 342 g/mol. The maximum absolute atomic E-state index is 12.8. The molecular weight excluding hydrogens is 324 g/mol. The van der Waals surface area contributed by atoms with E-state index in [1.165, 1.54) is 26.0 Å².